The van der Waals surface area contributed by atoms with Gasteiger partial charge in [0.1, 0.15) is 0 Å². The van der Waals surface area contributed by atoms with E-state index >= 15 is 0 Å². The highest BCUT2D eigenvalue weighted by molar-refractivity contribution is 5.38. The maximum absolute atomic E-state index is 2.47. The molecule has 0 nitrogen and oxygen atoms in total. The zero-order valence-corrected chi connectivity index (χ0v) is 10.8. The molecular formula is C16H24. The van der Waals surface area contributed by atoms with Crippen LogP contribution < -0.4 is 0 Å². The Bertz CT molecular complexity index is 338. The fraction of sp³-hybridized carbons (Fsp3) is 0.625. The van der Waals surface area contributed by atoms with Crippen molar-refractivity contribution in [2.45, 2.75) is 64.7 Å². The van der Waals surface area contributed by atoms with Crippen LogP contribution in [-0.4, -0.2) is 0 Å². The van der Waals surface area contributed by atoms with Gasteiger partial charge in [-0.15, -0.1) is 0 Å². The highest BCUT2D eigenvalue weighted by atomic mass is 14.2. The van der Waals surface area contributed by atoms with Gasteiger partial charge in [-0.2, -0.15) is 0 Å². The zero-order valence-electron chi connectivity index (χ0n) is 10.8. The highest BCUT2D eigenvalue weighted by Gasteiger charge is 2.18. The third kappa shape index (κ3) is 2.66. The third-order valence-electron chi connectivity index (χ3n) is 3.91. The van der Waals surface area contributed by atoms with E-state index in [1.54, 1.807) is 16.7 Å². The van der Waals surface area contributed by atoms with Crippen molar-refractivity contribution < 1.29 is 0 Å². The standard InChI is InChI=1S/C16H24/c1-3-4-5-6-7-14-9-11-15-10-8-13(2)16(15)12-14/h9,11-13H,3-8,10H2,1-2H3. The van der Waals surface area contributed by atoms with Crippen LogP contribution in [0, 0.1) is 0 Å². The molecule has 0 aliphatic heterocycles. The minimum atomic E-state index is 0.797. The average molecular weight is 216 g/mol. The van der Waals surface area contributed by atoms with E-state index in [1.165, 1.54) is 44.9 Å². The van der Waals surface area contributed by atoms with Crippen LogP contribution in [0.4, 0.5) is 0 Å². The average Bonchev–Trinajstić information content (AvgIpc) is 2.67. The minimum absolute atomic E-state index is 0.797. The van der Waals surface area contributed by atoms with Crippen LogP contribution in [0.25, 0.3) is 0 Å². The Morgan fingerprint density at radius 1 is 1.19 bits per heavy atom. The molecule has 0 saturated carbocycles. The maximum atomic E-state index is 2.47. The number of hydrogen-bond donors (Lipinski definition) is 0. The van der Waals surface area contributed by atoms with Gasteiger partial charge in [-0.1, -0.05) is 51.3 Å². The van der Waals surface area contributed by atoms with Crippen LogP contribution in [0.5, 0.6) is 0 Å². The van der Waals surface area contributed by atoms with E-state index in [2.05, 4.69) is 32.0 Å². The molecule has 1 aromatic carbocycles. The molecule has 1 aromatic rings. The fourth-order valence-corrected chi connectivity index (χ4v) is 2.77. The molecule has 0 saturated heterocycles. The van der Waals surface area contributed by atoms with Gasteiger partial charge in [0, 0.05) is 0 Å². The Hall–Kier alpha value is -0.780. The van der Waals surface area contributed by atoms with Crippen molar-refractivity contribution in [2.75, 3.05) is 0 Å². The number of aryl methyl sites for hydroxylation is 2. The number of rotatable bonds is 5. The van der Waals surface area contributed by atoms with Crippen LogP contribution in [0.1, 0.15) is 68.6 Å². The molecule has 2 rings (SSSR count). The summed E-state index contributed by atoms with van der Waals surface area (Å²) in [5, 5.41) is 0. The minimum Gasteiger partial charge on any atom is -0.0654 e. The Morgan fingerprint density at radius 3 is 2.88 bits per heavy atom. The molecule has 0 radical (unpaired) electrons. The van der Waals surface area contributed by atoms with Crippen molar-refractivity contribution in [3.8, 4) is 0 Å². The lowest BCUT2D eigenvalue weighted by Crippen LogP contribution is -1.91. The summed E-state index contributed by atoms with van der Waals surface area (Å²) in [6.07, 6.45) is 9.41. The summed E-state index contributed by atoms with van der Waals surface area (Å²) < 4.78 is 0. The van der Waals surface area contributed by atoms with Gasteiger partial charge in [0.15, 0.2) is 0 Å². The summed E-state index contributed by atoms with van der Waals surface area (Å²) in [7, 11) is 0. The molecule has 1 aliphatic carbocycles. The van der Waals surface area contributed by atoms with Gasteiger partial charge in [0.05, 0.1) is 0 Å². The topological polar surface area (TPSA) is 0 Å². The van der Waals surface area contributed by atoms with Crippen molar-refractivity contribution in [2.24, 2.45) is 0 Å². The molecule has 0 heterocycles. The number of unbranched alkanes of at least 4 members (excludes halogenated alkanes) is 3. The molecule has 0 N–H and O–H groups in total. The van der Waals surface area contributed by atoms with Gasteiger partial charge in [0.2, 0.25) is 0 Å². The SMILES string of the molecule is CCCCCCc1ccc2c(c1)C(C)CC2. The van der Waals surface area contributed by atoms with Crippen molar-refractivity contribution in [1.29, 1.82) is 0 Å². The predicted molar refractivity (Wildman–Crippen MR) is 71.0 cm³/mol. The second kappa shape index (κ2) is 5.52. The molecule has 1 unspecified atom stereocenters. The van der Waals surface area contributed by atoms with E-state index in [4.69, 9.17) is 0 Å². The van der Waals surface area contributed by atoms with Gasteiger partial charge < -0.3 is 0 Å². The number of hydrogen-bond acceptors (Lipinski definition) is 0. The number of fused-ring (bicyclic) bond motifs is 1. The van der Waals surface area contributed by atoms with E-state index < -0.39 is 0 Å². The second-order valence-corrected chi connectivity index (χ2v) is 5.28. The molecule has 16 heavy (non-hydrogen) atoms. The molecule has 0 bridgehead atoms. The lowest BCUT2D eigenvalue weighted by molar-refractivity contribution is 0.666. The zero-order chi connectivity index (χ0) is 11.4. The first kappa shape index (κ1) is 11.7. The van der Waals surface area contributed by atoms with E-state index in [1.807, 2.05) is 0 Å². The largest absolute Gasteiger partial charge is 0.0654 e. The van der Waals surface area contributed by atoms with E-state index in [9.17, 15) is 0 Å². The van der Waals surface area contributed by atoms with Gasteiger partial charge in [0.25, 0.3) is 0 Å². The molecule has 0 fully saturated rings. The monoisotopic (exact) mass is 216 g/mol. The predicted octanol–water partition coefficient (Wildman–Crippen LogP) is 4.86. The van der Waals surface area contributed by atoms with Crippen LogP contribution in [0.3, 0.4) is 0 Å². The summed E-state index contributed by atoms with van der Waals surface area (Å²) in [6, 6.07) is 7.19. The molecule has 88 valence electrons. The van der Waals surface area contributed by atoms with Crippen molar-refractivity contribution >= 4 is 0 Å². The van der Waals surface area contributed by atoms with Gasteiger partial charge in [-0.3, -0.25) is 0 Å². The Labute approximate surface area is 100 Å². The maximum Gasteiger partial charge on any atom is -0.0184 e. The first-order valence-electron chi connectivity index (χ1n) is 6.93. The molecule has 0 heteroatoms. The first-order chi connectivity index (χ1) is 7.81. The molecule has 0 amide bonds. The summed E-state index contributed by atoms with van der Waals surface area (Å²) >= 11 is 0. The summed E-state index contributed by atoms with van der Waals surface area (Å²) in [4.78, 5) is 0. The van der Waals surface area contributed by atoms with Gasteiger partial charge >= 0.3 is 0 Å². The Kier molecular flexibility index (Phi) is 4.04. The van der Waals surface area contributed by atoms with Crippen molar-refractivity contribution in [3.63, 3.8) is 0 Å². The fourth-order valence-electron chi connectivity index (χ4n) is 2.77. The van der Waals surface area contributed by atoms with E-state index in [-0.39, 0.29) is 0 Å². The van der Waals surface area contributed by atoms with E-state index in [0.29, 0.717) is 0 Å². The van der Waals surface area contributed by atoms with Crippen LogP contribution in [-0.2, 0) is 12.8 Å². The lowest BCUT2D eigenvalue weighted by atomic mass is 9.98. The quantitative estimate of drug-likeness (QED) is 0.617. The smallest absolute Gasteiger partial charge is 0.0184 e. The van der Waals surface area contributed by atoms with Crippen molar-refractivity contribution in [1.82, 2.24) is 0 Å². The summed E-state index contributed by atoms with van der Waals surface area (Å²) in [6.45, 7) is 4.64. The molecule has 1 atom stereocenters. The van der Waals surface area contributed by atoms with Gasteiger partial charge in [-0.25, -0.2) is 0 Å². The summed E-state index contributed by atoms with van der Waals surface area (Å²) in [5.74, 6) is 0.797. The van der Waals surface area contributed by atoms with Crippen LogP contribution in [0.2, 0.25) is 0 Å². The molecular weight excluding hydrogens is 192 g/mol. The second-order valence-electron chi connectivity index (χ2n) is 5.28. The molecule has 0 spiro atoms. The third-order valence-corrected chi connectivity index (χ3v) is 3.91. The van der Waals surface area contributed by atoms with Gasteiger partial charge in [-0.05, 0) is 48.3 Å². The Morgan fingerprint density at radius 2 is 2.06 bits per heavy atom. The Balaban J connectivity index is 1.93. The lowest BCUT2D eigenvalue weighted by Gasteiger charge is -2.08. The van der Waals surface area contributed by atoms with Crippen LogP contribution >= 0.6 is 0 Å². The molecule has 0 aromatic heterocycles. The number of benzene rings is 1. The normalized spacial score (nSPS) is 18.8. The van der Waals surface area contributed by atoms with E-state index in [0.717, 1.165) is 5.92 Å². The van der Waals surface area contributed by atoms with Crippen molar-refractivity contribution in [3.05, 3.63) is 34.9 Å². The van der Waals surface area contributed by atoms with Crippen LogP contribution in [0.15, 0.2) is 18.2 Å². The first-order valence-corrected chi connectivity index (χ1v) is 6.93. The molecule has 1 aliphatic rings. The highest BCUT2D eigenvalue weighted by Crippen LogP contribution is 2.33. The summed E-state index contributed by atoms with van der Waals surface area (Å²) in [5.41, 5.74) is 4.79.